The van der Waals surface area contributed by atoms with Crippen LogP contribution in [-0.4, -0.2) is 32.1 Å². The Hall–Kier alpha value is -1.57. The SMILES string of the molecule is COCOCC1(CC#CC(=O)OC(C)(C)C)C=CCC=C1. The summed E-state index contributed by atoms with van der Waals surface area (Å²) in [4.78, 5) is 11.6. The first-order chi connectivity index (χ1) is 9.87. The van der Waals surface area contributed by atoms with Crippen molar-refractivity contribution in [2.75, 3.05) is 20.5 Å². The van der Waals surface area contributed by atoms with Crippen molar-refractivity contribution in [3.05, 3.63) is 24.3 Å². The lowest BCUT2D eigenvalue weighted by Crippen LogP contribution is -2.24. The zero-order valence-corrected chi connectivity index (χ0v) is 13.3. The molecule has 0 saturated carbocycles. The molecule has 0 bridgehead atoms. The summed E-state index contributed by atoms with van der Waals surface area (Å²) in [6.45, 7) is 6.16. The number of carbonyl (C=O) groups excluding carboxylic acids is 1. The number of ether oxygens (including phenoxy) is 3. The normalized spacial score (nSPS) is 16.2. The van der Waals surface area contributed by atoms with Crippen molar-refractivity contribution in [2.45, 2.75) is 39.2 Å². The van der Waals surface area contributed by atoms with Crippen LogP contribution in [0.3, 0.4) is 0 Å². The van der Waals surface area contributed by atoms with Crippen LogP contribution < -0.4 is 0 Å². The van der Waals surface area contributed by atoms with Gasteiger partial charge in [0, 0.05) is 24.9 Å². The van der Waals surface area contributed by atoms with Crippen LogP contribution in [0.15, 0.2) is 24.3 Å². The van der Waals surface area contributed by atoms with Crippen LogP contribution in [0.5, 0.6) is 0 Å². The van der Waals surface area contributed by atoms with E-state index in [1.165, 1.54) is 0 Å². The summed E-state index contributed by atoms with van der Waals surface area (Å²) in [5.74, 6) is 4.93. The van der Waals surface area contributed by atoms with Gasteiger partial charge in [0.1, 0.15) is 12.4 Å². The molecule has 0 aliphatic heterocycles. The minimum Gasteiger partial charge on any atom is -0.450 e. The number of allylic oxidation sites excluding steroid dienone is 2. The Bertz CT molecular complexity index is 445. The molecule has 0 aromatic heterocycles. The Kier molecular flexibility index (Phi) is 6.67. The molecule has 1 rings (SSSR count). The third-order valence-electron chi connectivity index (χ3n) is 2.75. The molecular formula is C17H24O4. The van der Waals surface area contributed by atoms with Gasteiger partial charge in [-0.2, -0.15) is 0 Å². The summed E-state index contributed by atoms with van der Waals surface area (Å²) in [5.41, 5.74) is -0.818. The van der Waals surface area contributed by atoms with Gasteiger partial charge in [-0.1, -0.05) is 30.2 Å². The van der Waals surface area contributed by atoms with Gasteiger partial charge in [0.05, 0.1) is 6.61 Å². The van der Waals surface area contributed by atoms with Gasteiger partial charge in [-0.05, 0) is 27.2 Å². The van der Waals surface area contributed by atoms with Gasteiger partial charge in [0.15, 0.2) is 0 Å². The van der Waals surface area contributed by atoms with Crippen molar-refractivity contribution >= 4 is 5.97 Å². The van der Waals surface area contributed by atoms with Gasteiger partial charge in [0.2, 0.25) is 0 Å². The number of esters is 1. The molecule has 4 heteroatoms. The van der Waals surface area contributed by atoms with E-state index in [1.54, 1.807) is 7.11 Å². The first-order valence-corrected chi connectivity index (χ1v) is 7.01. The summed E-state index contributed by atoms with van der Waals surface area (Å²) < 4.78 is 15.5. The van der Waals surface area contributed by atoms with E-state index in [9.17, 15) is 4.79 Å². The number of carbonyl (C=O) groups is 1. The molecule has 0 fully saturated rings. The molecule has 0 atom stereocenters. The van der Waals surface area contributed by atoms with E-state index in [4.69, 9.17) is 14.2 Å². The van der Waals surface area contributed by atoms with Gasteiger partial charge >= 0.3 is 5.97 Å². The van der Waals surface area contributed by atoms with Crippen molar-refractivity contribution in [2.24, 2.45) is 5.41 Å². The van der Waals surface area contributed by atoms with Gasteiger partial charge in [-0.15, -0.1) is 0 Å². The van der Waals surface area contributed by atoms with E-state index in [1.807, 2.05) is 20.8 Å². The fourth-order valence-electron chi connectivity index (χ4n) is 1.90. The summed E-state index contributed by atoms with van der Waals surface area (Å²) in [7, 11) is 1.58. The molecule has 0 unspecified atom stereocenters. The van der Waals surface area contributed by atoms with Crippen LogP contribution in [0, 0.1) is 17.3 Å². The lowest BCUT2D eigenvalue weighted by molar-refractivity contribution is -0.147. The fraction of sp³-hybridized carbons (Fsp3) is 0.588. The van der Waals surface area contributed by atoms with Crippen LogP contribution in [-0.2, 0) is 19.0 Å². The van der Waals surface area contributed by atoms with Crippen LogP contribution >= 0.6 is 0 Å². The van der Waals surface area contributed by atoms with Gasteiger partial charge in [-0.3, -0.25) is 0 Å². The molecule has 0 heterocycles. The van der Waals surface area contributed by atoms with Crippen molar-refractivity contribution < 1.29 is 19.0 Å². The molecule has 1 aliphatic rings. The molecule has 0 radical (unpaired) electrons. The highest BCUT2D eigenvalue weighted by Crippen LogP contribution is 2.29. The van der Waals surface area contributed by atoms with Crippen LogP contribution in [0.4, 0.5) is 0 Å². The lowest BCUT2D eigenvalue weighted by atomic mass is 9.82. The molecule has 4 nitrogen and oxygen atoms in total. The third kappa shape index (κ3) is 7.12. The molecule has 0 spiro atoms. The highest BCUT2D eigenvalue weighted by atomic mass is 16.7. The van der Waals surface area contributed by atoms with Crippen molar-refractivity contribution in [3.8, 4) is 11.8 Å². The topological polar surface area (TPSA) is 44.8 Å². The quantitative estimate of drug-likeness (QED) is 0.195. The van der Waals surface area contributed by atoms with E-state index >= 15 is 0 Å². The van der Waals surface area contributed by atoms with Crippen molar-refractivity contribution in [3.63, 3.8) is 0 Å². The highest BCUT2D eigenvalue weighted by Gasteiger charge is 2.25. The molecule has 0 amide bonds. The van der Waals surface area contributed by atoms with Gasteiger partial charge in [0.25, 0.3) is 0 Å². The van der Waals surface area contributed by atoms with E-state index in [2.05, 4.69) is 36.1 Å². The Balaban J connectivity index is 2.62. The van der Waals surface area contributed by atoms with Crippen LogP contribution in [0.2, 0.25) is 0 Å². The summed E-state index contributed by atoms with van der Waals surface area (Å²) in [5, 5.41) is 0. The molecule has 0 aromatic carbocycles. The van der Waals surface area contributed by atoms with Gasteiger partial charge < -0.3 is 14.2 Å². The maximum absolute atomic E-state index is 11.6. The Morgan fingerprint density at radius 2 is 1.95 bits per heavy atom. The second-order valence-corrected chi connectivity index (χ2v) is 6.01. The number of methoxy groups -OCH3 is 1. The van der Waals surface area contributed by atoms with E-state index in [0.29, 0.717) is 13.0 Å². The van der Waals surface area contributed by atoms with E-state index in [0.717, 1.165) is 6.42 Å². The second kappa shape index (κ2) is 8.02. The standard InChI is InChI=1S/C17H24O4/c1-16(2,3)21-15(18)9-8-12-17(13-20-14-19-4)10-6-5-7-11-17/h6-7,10-11H,5,12-14H2,1-4H3. The molecule has 0 aromatic rings. The molecule has 1 aliphatic carbocycles. The minimum atomic E-state index is -0.518. The zero-order valence-electron chi connectivity index (χ0n) is 13.3. The van der Waals surface area contributed by atoms with Crippen LogP contribution in [0.1, 0.15) is 33.6 Å². The monoisotopic (exact) mass is 292 g/mol. The lowest BCUT2D eigenvalue weighted by Gasteiger charge is -2.26. The third-order valence-corrected chi connectivity index (χ3v) is 2.75. The minimum absolute atomic E-state index is 0.239. The average Bonchev–Trinajstić information content (AvgIpc) is 2.38. The second-order valence-electron chi connectivity index (χ2n) is 6.01. The fourth-order valence-corrected chi connectivity index (χ4v) is 1.90. The van der Waals surface area contributed by atoms with Gasteiger partial charge in [-0.25, -0.2) is 4.79 Å². The summed E-state index contributed by atoms with van der Waals surface area (Å²) in [6.07, 6.45) is 9.71. The zero-order chi connectivity index (χ0) is 15.8. The molecule has 0 N–H and O–H groups in total. The Morgan fingerprint density at radius 1 is 1.29 bits per heavy atom. The highest BCUT2D eigenvalue weighted by molar-refractivity contribution is 5.88. The van der Waals surface area contributed by atoms with Crippen molar-refractivity contribution in [1.29, 1.82) is 0 Å². The average molecular weight is 292 g/mol. The largest absolute Gasteiger partial charge is 0.450 e. The predicted octanol–water partition coefficient (Wildman–Crippen LogP) is 2.84. The van der Waals surface area contributed by atoms with Crippen LogP contribution in [0.25, 0.3) is 0 Å². The molecule has 21 heavy (non-hydrogen) atoms. The predicted molar refractivity (Wildman–Crippen MR) is 81.4 cm³/mol. The summed E-state index contributed by atoms with van der Waals surface area (Å²) >= 11 is 0. The van der Waals surface area contributed by atoms with E-state index in [-0.39, 0.29) is 12.2 Å². The van der Waals surface area contributed by atoms with Crippen molar-refractivity contribution in [1.82, 2.24) is 0 Å². The number of rotatable bonds is 5. The van der Waals surface area contributed by atoms with E-state index < -0.39 is 11.6 Å². The smallest absolute Gasteiger partial charge is 0.384 e. The molecule has 116 valence electrons. The maximum atomic E-state index is 11.6. The first-order valence-electron chi connectivity index (χ1n) is 7.01. The Morgan fingerprint density at radius 3 is 2.52 bits per heavy atom. The molecular weight excluding hydrogens is 268 g/mol. The maximum Gasteiger partial charge on any atom is 0.384 e. The number of hydrogen-bond donors (Lipinski definition) is 0. The first kappa shape index (κ1) is 17.5. The molecule has 0 saturated heterocycles. The summed E-state index contributed by atoms with van der Waals surface area (Å²) in [6, 6.07) is 0. The Labute approximate surface area is 127 Å². The number of hydrogen-bond acceptors (Lipinski definition) is 4.